The van der Waals surface area contributed by atoms with Crippen LogP contribution in [0.3, 0.4) is 0 Å². The molecule has 29 heavy (non-hydrogen) atoms. The third-order valence-electron chi connectivity index (χ3n) is 4.27. The van der Waals surface area contributed by atoms with Crippen LogP contribution >= 0.6 is 47.8 Å². The summed E-state index contributed by atoms with van der Waals surface area (Å²) in [6.07, 6.45) is 0. The van der Waals surface area contributed by atoms with Crippen LogP contribution in [0.5, 0.6) is 5.75 Å². The van der Waals surface area contributed by atoms with E-state index in [1.54, 1.807) is 18.2 Å². The summed E-state index contributed by atoms with van der Waals surface area (Å²) in [5, 5.41) is 13.1. The first-order valence-electron chi connectivity index (χ1n) is 8.48. The van der Waals surface area contributed by atoms with Crippen LogP contribution in [-0.2, 0) is 0 Å². The van der Waals surface area contributed by atoms with Crippen LogP contribution in [0.15, 0.2) is 66.4 Å². The van der Waals surface area contributed by atoms with Gasteiger partial charge in [-0.1, -0.05) is 22.0 Å². The second-order valence-electron chi connectivity index (χ2n) is 6.43. The maximum Gasteiger partial charge on any atom is 0.256 e. The fourth-order valence-corrected chi connectivity index (χ4v) is 4.49. The predicted molar refractivity (Wildman–Crippen MR) is 123 cm³/mol. The summed E-state index contributed by atoms with van der Waals surface area (Å²) in [7, 11) is 0. The van der Waals surface area contributed by atoms with Gasteiger partial charge in [0.1, 0.15) is 11.3 Å². The van der Waals surface area contributed by atoms with Crippen molar-refractivity contribution in [3.63, 3.8) is 0 Å². The van der Waals surface area contributed by atoms with E-state index in [0.29, 0.717) is 32.4 Å². The largest absolute Gasteiger partial charge is 0.507 e. The maximum absolute atomic E-state index is 12.8. The lowest BCUT2D eigenvalue weighted by atomic mass is 10.1. The van der Waals surface area contributed by atoms with E-state index in [1.807, 2.05) is 31.2 Å². The van der Waals surface area contributed by atoms with Crippen LogP contribution in [0.25, 0.3) is 22.6 Å². The Kier molecular flexibility index (Phi) is 5.50. The highest BCUT2D eigenvalue weighted by atomic mass is 79.9. The third kappa shape index (κ3) is 4.10. The van der Waals surface area contributed by atoms with Gasteiger partial charge in [0.25, 0.3) is 5.91 Å². The Balaban J connectivity index is 1.69. The second-order valence-corrected chi connectivity index (χ2v) is 8.99. The Morgan fingerprint density at radius 3 is 2.66 bits per heavy atom. The van der Waals surface area contributed by atoms with Crippen LogP contribution < -0.4 is 5.32 Å². The van der Waals surface area contributed by atoms with E-state index in [1.165, 1.54) is 6.07 Å². The first-order chi connectivity index (χ1) is 13.8. The molecule has 0 aliphatic heterocycles. The van der Waals surface area contributed by atoms with Crippen molar-refractivity contribution in [2.45, 2.75) is 6.92 Å². The fourth-order valence-electron chi connectivity index (χ4n) is 2.86. The Bertz CT molecular complexity index is 1270. The number of aromatic hydroxyl groups is 1. The first-order valence-corrected chi connectivity index (χ1v) is 10.9. The highest BCUT2D eigenvalue weighted by molar-refractivity contribution is 9.13. The number of halogens is 3. The Hall–Kier alpha value is -2.16. The molecule has 0 fully saturated rings. The molecule has 1 heterocycles. The monoisotopic (exact) mass is 578 g/mol. The molecule has 8 heteroatoms. The second kappa shape index (κ2) is 7.93. The molecule has 0 unspecified atom stereocenters. The predicted octanol–water partition coefficient (Wildman–Crippen LogP) is 7.05. The highest BCUT2D eigenvalue weighted by Crippen LogP contribution is 2.35. The van der Waals surface area contributed by atoms with Crippen LogP contribution in [0.1, 0.15) is 15.9 Å². The highest BCUT2D eigenvalue weighted by Gasteiger charge is 2.17. The summed E-state index contributed by atoms with van der Waals surface area (Å²) < 4.78 is 7.95. The molecule has 0 atom stereocenters. The van der Waals surface area contributed by atoms with Gasteiger partial charge in [-0.05, 0) is 86.8 Å². The molecule has 3 aromatic carbocycles. The minimum absolute atomic E-state index is 0.0117. The average molecular weight is 581 g/mol. The van der Waals surface area contributed by atoms with E-state index in [4.69, 9.17) is 4.42 Å². The molecule has 0 spiro atoms. The minimum atomic E-state index is -0.302. The lowest BCUT2D eigenvalue weighted by molar-refractivity contribution is 0.102. The van der Waals surface area contributed by atoms with Gasteiger partial charge in [-0.3, -0.25) is 4.79 Å². The molecule has 0 aliphatic carbocycles. The summed E-state index contributed by atoms with van der Waals surface area (Å²) >= 11 is 10.2. The van der Waals surface area contributed by atoms with Crippen molar-refractivity contribution in [2.75, 3.05) is 5.32 Å². The summed E-state index contributed by atoms with van der Waals surface area (Å²) in [4.78, 5) is 17.2. The van der Waals surface area contributed by atoms with E-state index >= 15 is 0 Å². The summed E-state index contributed by atoms with van der Waals surface area (Å²) in [5.41, 5.74) is 3.75. The minimum Gasteiger partial charge on any atom is -0.507 e. The number of aromatic nitrogens is 1. The number of phenols is 1. The fraction of sp³-hybridized carbons (Fsp3) is 0.0476. The Morgan fingerprint density at radius 2 is 1.86 bits per heavy atom. The van der Waals surface area contributed by atoms with E-state index < -0.39 is 0 Å². The number of hydrogen-bond acceptors (Lipinski definition) is 4. The van der Waals surface area contributed by atoms with Gasteiger partial charge >= 0.3 is 0 Å². The first kappa shape index (κ1) is 20.1. The normalized spacial score (nSPS) is 11.0. The number of anilines is 1. The number of phenolic OH excluding ortho intramolecular Hbond substituents is 1. The van der Waals surface area contributed by atoms with Crippen molar-refractivity contribution in [3.05, 3.63) is 73.1 Å². The van der Waals surface area contributed by atoms with Gasteiger partial charge in [-0.25, -0.2) is 4.98 Å². The van der Waals surface area contributed by atoms with Crippen molar-refractivity contribution in [1.82, 2.24) is 4.98 Å². The topological polar surface area (TPSA) is 75.4 Å². The Morgan fingerprint density at radius 1 is 1.07 bits per heavy atom. The van der Waals surface area contributed by atoms with Gasteiger partial charge in [0.2, 0.25) is 5.89 Å². The number of rotatable bonds is 3. The third-order valence-corrected chi connectivity index (χ3v) is 6.74. The van der Waals surface area contributed by atoms with Gasteiger partial charge < -0.3 is 14.8 Å². The summed E-state index contributed by atoms with van der Waals surface area (Å²) in [6.45, 7) is 1.97. The molecule has 4 rings (SSSR count). The molecule has 2 N–H and O–H groups in total. The number of benzene rings is 3. The molecule has 4 aromatic rings. The van der Waals surface area contributed by atoms with Crippen LogP contribution in [0.2, 0.25) is 0 Å². The van der Waals surface area contributed by atoms with E-state index in [2.05, 4.69) is 58.1 Å². The number of oxazole rings is 1. The van der Waals surface area contributed by atoms with Crippen LogP contribution in [0, 0.1) is 6.92 Å². The number of hydrogen-bond donors (Lipinski definition) is 2. The van der Waals surface area contributed by atoms with Gasteiger partial charge in [0.15, 0.2) is 5.58 Å². The van der Waals surface area contributed by atoms with Crippen molar-refractivity contribution in [2.24, 2.45) is 0 Å². The van der Waals surface area contributed by atoms with E-state index in [-0.39, 0.29) is 17.5 Å². The van der Waals surface area contributed by atoms with Gasteiger partial charge in [0, 0.05) is 19.1 Å². The molecule has 0 radical (unpaired) electrons. The number of nitrogens with one attached hydrogen (secondary N) is 1. The standard InChI is InChI=1S/C21H13Br3N2O3/c1-10-2-5-18-16(6-10)26-21(29-18)13-9-12(3-4-17(13)27)25-20(28)14-7-11(22)8-15(23)19(14)24/h2-9,27H,1H3,(H,25,28). The summed E-state index contributed by atoms with van der Waals surface area (Å²) in [5.74, 6) is -0.00746. The number of carbonyl (C=O) groups excluding carboxylic acids is 1. The van der Waals surface area contributed by atoms with Crippen molar-refractivity contribution in [1.29, 1.82) is 0 Å². The van der Waals surface area contributed by atoms with Gasteiger partial charge in [0.05, 0.1) is 11.1 Å². The molecule has 0 saturated carbocycles. The molecule has 0 aliphatic rings. The zero-order valence-electron chi connectivity index (χ0n) is 15.0. The zero-order valence-corrected chi connectivity index (χ0v) is 19.7. The molecule has 0 bridgehead atoms. The molecule has 1 aromatic heterocycles. The number of amides is 1. The molecule has 0 saturated heterocycles. The lowest BCUT2D eigenvalue weighted by Gasteiger charge is -2.10. The molecular formula is C21H13Br3N2O3. The smallest absolute Gasteiger partial charge is 0.256 e. The molecule has 1 amide bonds. The van der Waals surface area contributed by atoms with Crippen molar-refractivity contribution >= 4 is 70.5 Å². The number of fused-ring (bicyclic) bond motifs is 1. The van der Waals surface area contributed by atoms with Crippen molar-refractivity contribution in [3.8, 4) is 17.2 Å². The Labute approximate surface area is 191 Å². The van der Waals surface area contributed by atoms with Crippen molar-refractivity contribution < 1.29 is 14.3 Å². The van der Waals surface area contributed by atoms with E-state index in [0.717, 1.165) is 14.5 Å². The summed E-state index contributed by atoms with van der Waals surface area (Å²) in [6, 6.07) is 14.0. The quantitative estimate of drug-likeness (QED) is 0.201. The number of carbonyl (C=O) groups is 1. The number of aryl methyl sites for hydroxylation is 1. The molecule has 146 valence electrons. The van der Waals surface area contributed by atoms with Crippen LogP contribution in [0.4, 0.5) is 5.69 Å². The van der Waals surface area contributed by atoms with Gasteiger partial charge in [-0.2, -0.15) is 0 Å². The average Bonchev–Trinajstić information content (AvgIpc) is 3.09. The van der Waals surface area contributed by atoms with Gasteiger partial charge in [-0.15, -0.1) is 0 Å². The number of nitrogens with zero attached hydrogens (tertiary/aromatic N) is 1. The van der Waals surface area contributed by atoms with E-state index in [9.17, 15) is 9.90 Å². The molecule has 5 nitrogen and oxygen atoms in total. The molecular weight excluding hydrogens is 568 g/mol. The maximum atomic E-state index is 12.8. The zero-order chi connectivity index (χ0) is 20.7. The van der Waals surface area contributed by atoms with Crippen LogP contribution in [-0.4, -0.2) is 16.0 Å². The SMILES string of the molecule is Cc1ccc2oc(-c3cc(NC(=O)c4cc(Br)cc(Br)c4Br)ccc3O)nc2c1. The lowest BCUT2D eigenvalue weighted by Crippen LogP contribution is -2.13.